The van der Waals surface area contributed by atoms with Crippen LogP contribution in [0.15, 0.2) is 6.07 Å². The summed E-state index contributed by atoms with van der Waals surface area (Å²) in [5.41, 5.74) is 2.14. The fourth-order valence-electron chi connectivity index (χ4n) is 2.65. The molecule has 7 nitrogen and oxygen atoms in total. The van der Waals surface area contributed by atoms with Crippen LogP contribution in [0.5, 0.6) is 0 Å². The molecule has 1 aromatic rings. The summed E-state index contributed by atoms with van der Waals surface area (Å²) in [5, 5.41) is 10.3. The fraction of sp³-hybridized carbons (Fsp3) is 0.615. The highest BCUT2D eigenvalue weighted by Gasteiger charge is 2.38. The van der Waals surface area contributed by atoms with Crippen molar-refractivity contribution in [2.24, 2.45) is 0 Å². The van der Waals surface area contributed by atoms with Crippen LogP contribution >= 0.6 is 0 Å². The predicted octanol–water partition coefficient (Wildman–Crippen LogP) is 0.616. The number of amides is 2. The molecule has 0 spiro atoms. The highest BCUT2D eigenvalue weighted by molar-refractivity contribution is 7.92. The number of fused-ring (bicyclic) bond motifs is 1. The van der Waals surface area contributed by atoms with Crippen LogP contribution in [0.3, 0.4) is 0 Å². The van der Waals surface area contributed by atoms with Gasteiger partial charge in [-0.25, -0.2) is 13.2 Å². The normalized spacial score (nSPS) is 18.2. The van der Waals surface area contributed by atoms with Gasteiger partial charge in [0.2, 0.25) is 0 Å². The monoisotopic (exact) mass is 310 g/mol. The molecule has 0 bridgehead atoms. The lowest BCUT2D eigenvalue weighted by atomic mass is 10.2. The predicted molar refractivity (Wildman–Crippen MR) is 77.9 cm³/mol. The number of aryl methyl sites for hydroxylation is 2. The number of sulfone groups is 1. The standard InChI is InChI=1S/C13H18N4O3S/c1-2-21(19,20)10-7-17(8-10)13(18)14-12-6-9-4-3-5-11(9)15-16-12/h6,10H,2-5,7-8H2,1H3,(H,14,16,18). The Hall–Kier alpha value is -1.70. The number of urea groups is 1. The van der Waals surface area contributed by atoms with Gasteiger partial charge in [0.15, 0.2) is 15.7 Å². The van der Waals surface area contributed by atoms with Crippen LogP contribution in [0.2, 0.25) is 0 Å². The number of hydrogen-bond acceptors (Lipinski definition) is 5. The number of carbonyl (C=O) groups is 1. The molecular weight excluding hydrogens is 292 g/mol. The lowest BCUT2D eigenvalue weighted by molar-refractivity contribution is 0.182. The van der Waals surface area contributed by atoms with Crippen molar-refractivity contribution in [3.63, 3.8) is 0 Å². The first-order chi connectivity index (χ1) is 9.99. The molecule has 2 heterocycles. The molecule has 0 aromatic carbocycles. The van der Waals surface area contributed by atoms with Crippen LogP contribution in [-0.2, 0) is 22.7 Å². The summed E-state index contributed by atoms with van der Waals surface area (Å²) in [6.07, 6.45) is 2.98. The van der Waals surface area contributed by atoms with E-state index in [0.717, 1.165) is 30.5 Å². The quantitative estimate of drug-likeness (QED) is 0.883. The van der Waals surface area contributed by atoms with Crippen LogP contribution in [0.1, 0.15) is 24.6 Å². The lowest BCUT2D eigenvalue weighted by Crippen LogP contribution is -2.58. The Morgan fingerprint density at radius 2 is 2.14 bits per heavy atom. The third-order valence-corrected chi connectivity index (χ3v) is 6.22. The topological polar surface area (TPSA) is 92.3 Å². The Morgan fingerprint density at radius 1 is 1.38 bits per heavy atom. The number of aromatic nitrogens is 2. The van der Waals surface area contributed by atoms with Crippen molar-refractivity contribution in [1.29, 1.82) is 0 Å². The summed E-state index contributed by atoms with van der Waals surface area (Å²) in [7, 11) is -3.06. The Morgan fingerprint density at radius 3 is 2.86 bits per heavy atom. The third kappa shape index (κ3) is 2.72. The number of anilines is 1. The Labute approximate surface area is 123 Å². The van der Waals surface area contributed by atoms with Crippen molar-refractivity contribution >= 4 is 21.7 Å². The molecule has 0 atom stereocenters. The van der Waals surface area contributed by atoms with Gasteiger partial charge in [0.05, 0.1) is 10.9 Å². The van der Waals surface area contributed by atoms with Crippen LogP contribution in [0.25, 0.3) is 0 Å². The van der Waals surface area contributed by atoms with Crippen LogP contribution in [0, 0.1) is 0 Å². The van der Waals surface area contributed by atoms with Crippen molar-refractivity contribution < 1.29 is 13.2 Å². The second-order valence-corrected chi connectivity index (χ2v) is 8.03. The molecule has 1 aliphatic carbocycles. The van der Waals surface area contributed by atoms with E-state index in [2.05, 4.69) is 15.5 Å². The molecule has 0 saturated carbocycles. The summed E-state index contributed by atoms with van der Waals surface area (Å²) in [6, 6.07) is 1.54. The maximum absolute atomic E-state index is 12.0. The Balaban J connectivity index is 1.59. The molecule has 1 N–H and O–H groups in total. The maximum atomic E-state index is 12.0. The van der Waals surface area contributed by atoms with Gasteiger partial charge in [0.1, 0.15) is 0 Å². The first kappa shape index (κ1) is 14.2. The van der Waals surface area contributed by atoms with Gasteiger partial charge in [0.25, 0.3) is 0 Å². The first-order valence-electron chi connectivity index (χ1n) is 7.12. The van der Waals surface area contributed by atoms with Gasteiger partial charge in [-0.1, -0.05) is 6.92 Å². The number of hydrogen-bond donors (Lipinski definition) is 1. The minimum Gasteiger partial charge on any atom is -0.322 e. The van der Waals surface area contributed by atoms with E-state index >= 15 is 0 Å². The van der Waals surface area contributed by atoms with E-state index in [1.807, 2.05) is 6.07 Å². The minimum absolute atomic E-state index is 0.115. The summed E-state index contributed by atoms with van der Waals surface area (Å²) in [6.45, 7) is 2.12. The van der Waals surface area contributed by atoms with Gasteiger partial charge < -0.3 is 4.90 Å². The first-order valence-corrected chi connectivity index (χ1v) is 8.84. The molecule has 3 rings (SSSR count). The zero-order valence-corrected chi connectivity index (χ0v) is 12.7. The molecule has 1 aromatic heterocycles. The maximum Gasteiger partial charge on any atom is 0.323 e. The van der Waals surface area contributed by atoms with E-state index in [1.54, 1.807) is 6.92 Å². The molecule has 1 fully saturated rings. The van der Waals surface area contributed by atoms with Crippen LogP contribution < -0.4 is 5.32 Å². The summed E-state index contributed by atoms with van der Waals surface area (Å²) in [4.78, 5) is 13.5. The van der Waals surface area contributed by atoms with Gasteiger partial charge in [-0.05, 0) is 30.9 Å². The van der Waals surface area contributed by atoms with Crippen LogP contribution in [0.4, 0.5) is 10.6 Å². The highest BCUT2D eigenvalue weighted by atomic mass is 32.2. The zero-order chi connectivity index (χ0) is 15.0. The van der Waals surface area contributed by atoms with Gasteiger partial charge in [-0.15, -0.1) is 5.10 Å². The molecule has 0 radical (unpaired) electrons. The van der Waals surface area contributed by atoms with E-state index in [9.17, 15) is 13.2 Å². The van der Waals surface area contributed by atoms with Crippen LogP contribution in [-0.4, -0.2) is 53.6 Å². The smallest absolute Gasteiger partial charge is 0.322 e. The Kier molecular flexibility index (Phi) is 3.56. The average Bonchev–Trinajstić information content (AvgIpc) is 2.84. The number of carbonyl (C=O) groups excluding carboxylic acids is 1. The summed E-state index contributed by atoms with van der Waals surface area (Å²) in [5.74, 6) is 0.547. The van der Waals surface area contributed by atoms with E-state index in [-0.39, 0.29) is 24.9 Å². The van der Waals surface area contributed by atoms with Crippen molar-refractivity contribution in [3.05, 3.63) is 17.3 Å². The van der Waals surface area contributed by atoms with E-state index in [1.165, 1.54) is 4.90 Å². The van der Waals surface area contributed by atoms with E-state index < -0.39 is 15.1 Å². The summed E-state index contributed by atoms with van der Waals surface area (Å²) < 4.78 is 23.3. The van der Waals surface area contributed by atoms with Gasteiger partial charge in [-0.3, -0.25) is 5.32 Å². The molecule has 2 aliphatic rings. The Bertz CT molecular complexity index is 668. The largest absolute Gasteiger partial charge is 0.323 e. The molecule has 2 amide bonds. The second kappa shape index (κ2) is 5.25. The van der Waals surface area contributed by atoms with Crippen molar-refractivity contribution in [2.45, 2.75) is 31.4 Å². The van der Waals surface area contributed by atoms with E-state index in [4.69, 9.17) is 0 Å². The zero-order valence-electron chi connectivity index (χ0n) is 11.9. The van der Waals surface area contributed by atoms with E-state index in [0.29, 0.717) is 5.82 Å². The molecule has 8 heteroatoms. The third-order valence-electron chi connectivity index (χ3n) is 4.10. The molecule has 0 unspecified atom stereocenters. The number of nitrogens with one attached hydrogen (secondary N) is 1. The SMILES string of the molecule is CCS(=O)(=O)C1CN(C(=O)Nc2cc3c(nn2)CCC3)C1. The molecular formula is C13H18N4O3S. The number of likely N-dealkylation sites (tertiary alicyclic amines) is 1. The second-order valence-electron chi connectivity index (χ2n) is 5.46. The fourth-order valence-corrected chi connectivity index (χ4v) is 3.93. The van der Waals surface area contributed by atoms with Crippen molar-refractivity contribution in [1.82, 2.24) is 15.1 Å². The van der Waals surface area contributed by atoms with Gasteiger partial charge in [-0.2, -0.15) is 5.10 Å². The number of nitrogens with zero attached hydrogens (tertiary/aromatic N) is 3. The molecule has 21 heavy (non-hydrogen) atoms. The van der Waals surface area contributed by atoms with Crippen molar-refractivity contribution in [3.8, 4) is 0 Å². The molecule has 1 aliphatic heterocycles. The average molecular weight is 310 g/mol. The molecule has 1 saturated heterocycles. The number of rotatable bonds is 3. The summed E-state index contributed by atoms with van der Waals surface area (Å²) >= 11 is 0. The van der Waals surface area contributed by atoms with Gasteiger partial charge in [0, 0.05) is 18.8 Å². The van der Waals surface area contributed by atoms with Gasteiger partial charge >= 0.3 is 6.03 Å². The highest BCUT2D eigenvalue weighted by Crippen LogP contribution is 2.22. The minimum atomic E-state index is -3.06. The lowest BCUT2D eigenvalue weighted by Gasteiger charge is -2.38. The molecule has 114 valence electrons. The van der Waals surface area contributed by atoms with Crippen molar-refractivity contribution in [2.75, 3.05) is 24.2 Å².